The lowest BCUT2D eigenvalue weighted by atomic mass is 10.1. The number of rotatable bonds is 5. The van der Waals surface area contributed by atoms with Crippen molar-refractivity contribution in [2.75, 3.05) is 0 Å². The second-order valence-corrected chi connectivity index (χ2v) is 4.56. The van der Waals surface area contributed by atoms with Crippen LogP contribution in [0.3, 0.4) is 0 Å². The molecule has 2 aromatic rings. The topological polar surface area (TPSA) is 78.4 Å². The van der Waals surface area contributed by atoms with E-state index in [2.05, 4.69) is 0 Å². The number of nitrogens with two attached hydrogens (primary N) is 1. The summed E-state index contributed by atoms with van der Waals surface area (Å²) in [5, 5.41) is 10.6. The van der Waals surface area contributed by atoms with Crippen molar-refractivity contribution in [2.24, 2.45) is 5.73 Å². The smallest absolute Gasteiger partial charge is 0.272 e. The van der Waals surface area contributed by atoms with Gasteiger partial charge in [0.2, 0.25) is 0 Å². The van der Waals surface area contributed by atoms with Crippen molar-refractivity contribution in [3.63, 3.8) is 0 Å². The molecule has 0 fully saturated rings. The molecule has 0 aliphatic rings. The molecule has 0 aliphatic heterocycles. The van der Waals surface area contributed by atoms with Gasteiger partial charge in [0.05, 0.1) is 11.0 Å². The lowest BCUT2D eigenvalue weighted by Gasteiger charge is -2.12. The Morgan fingerprint density at radius 2 is 2.10 bits per heavy atom. The quantitative estimate of drug-likeness (QED) is 0.668. The Morgan fingerprint density at radius 1 is 1.33 bits per heavy atom. The van der Waals surface area contributed by atoms with E-state index in [1.165, 1.54) is 12.1 Å². The molecule has 21 heavy (non-hydrogen) atoms. The SMILES string of the molecule is CCC(N)c1cccc(Oc2ccc([N+](=O)[O-])cc2F)c1. The number of nitrogens with zero attached hydrogens (tertiary/aromatic N) is 1. The summed E-state index contributed by atoms with van der Waals surface area (Å²) in [4.78, 5) is 9.90. The largest absolute Gasteiger partial charge is 0.454 e. The maximum absolute atomic E-state index is 13.8. The molecule has 0 saturated heterocycles. The van der Waals surface area contributed by atoms with E-state index in [4.69, 9.17) is 10.5 Å². The number of benzene rings is 2. The van der Waals surface area contributed by atoms with E-state index in [0.29, 0.717) is 5.75 Å². The van der Waals surface area contributed by atoms with Gasteiger partial charge < -0.3 is 10.5 Å². The van der Waals surface area contributed by atoms with Gasteiger partial charge in [0.25, 0.3) is 5.69 Å². The van der Waals surface area contributed by atoms with Crippen LogP contribution < -0.4 is 10.5 Å². The molecule has 2 rings (SSSR count). The van der Waals surface area contributed by atoms with Crippen molar-refractivity contribution >= 4 is 5.69 Å². The van der Waals surface area contributed by atoms with E-state index >= 15 is 0 Å². The fourth-order valence-electron chi connectivity index (χ4n) is 1.86. The first-order chi connectivity index (χ1) is 10.0. The van der Waals surface area contributed by atoms with Crippen molar-refractivity contribution in [3.05, 3.63) is 64.0 Å². The van der Waals surface area contributed by atoms with Crippen LogP contribution in [0.1, 0.15) is 24.9 Å². The average Bonchev–Trinajstić information content (AvgIpc) is 2.48. The first-order valence-corrected chi connectivity index (χ1v) is 6.48. The van der Waals surface area contributed by atoms with E-state index < -0.39 is 10.7 Å². The fraction of sp³-hybridized carbons (Fsp3) is 0.200. The summed E-state index contributed by atoms with van der Waals surface area (Å²) in [7, 11) is 0. The summed E-state index contributed by atoms with van der Waals surface area (Å²) in [5.74, 6) is -0.415. The molecular formula is C15H15FN2O3. The predicted molar refractivity (Wildman–Crippen MR) is 76.8 cm³/mol. The van der Waals surface area contributed by atoms with Crippen molar-refractivity contribution in [3.8, 4) is 11.5 Å². The van der Waals surface area contributed by atoms with Gasteiger partial charge in [-0.1, -0.05) is 19.1 Å². The number of hydrogen-bond donors (Lipinski definition) is 1. The number of nitro benzene ring substituents is 1. The van der Waals surface area contributed by atoms with E-state index in [1.807, 2.05) is 13.0 Å². The third-order valence-corrected chi connectivity index (χ3v) is 3.08. The number of ether oxygens (including phenoxy) is 1. The molecule has 0 bridgehead atoms. The standard InChI is InChI=1S/C15H15FN2O3/c1-2-14(17)10-4-3-5-12(8-10)21-15-7-6-11(18(19)20)9-13(15)16/h3-9,14H,2,17H2,1H3. The van der Waals surface area contributed by atoms with Gasteiger partial charge in [0.15, 0.2) is 11.6 Å². The monoisotopic (exact) mass is 290 g/mol. The van der Waals surface area contributed by atoms with Gasteiger partial charge in [-0.15, -0.1) is 0 Å². The van der Waals surface area contributed by atoms with E-state index in [-0.39, 0.29) is 17.5 Å². The highest BCUT2D eigenvalue weighted by atomic mass is 19.1. The third kappa shape index (κ3) is 3.55. The minimum atomic E-state index is -0.783. The third-order valence-electron chi connectivity index (χ3n) is 3.08. The number of halogens is 1. The van der Waals surface area contributed by atoms with Gasteiger partial charge in [-0.3, -0.25) is 10.1 Å². The highest BCUT2D eigenvalue weighted by Gasteiger charge is 2.13. The molecule has 0 heterocycles. The Kier molecular flexibility index (Phi) is 4.49. The molecule has 0 aliphatic carbocycles. The average molecular weight is 290 g/mol. The van der Waals surface area contributed by atoms with Gasteiger partial charge in [-0.05, 0) is 30.2 Å². The summed E-state index contributed by atoms with van der Waals surface area (Å²) >= 11 is 0. The molecule has 5 nitrogen and oxygen atoms in total. The van der Waals surface area contributed by atoms with Gasteiger partial charge in [0.1, 0.15) is 5.75 Å². The van der Waals surface area contributed by atoms with Gasteiger partial charge >= 0.3 is 0 Å². The Bertz CT molecular complexity index is 661. The van der Waals surface area contributed by atoms with Crippen LogP contribution >= 0.6 is 0 Å². The molecule has 0 spiro atoms. The second kappa shape index (κ2) is 6.32. The normalized spacial score (nSPS) is 12.0. The van der Waals surface area contributed by atoms with Gasteiger partial charge in [0, 0.05) is 12.1 Å². The van der Waals surface area contributed by atoms with Gasteiger partial charge in [-0.2, -0.15) is 0 Å². The molecule has 2 N–H and O–H groups in total. The van der Waals surface area contributed by atoms with Gasteiger partial charge in [-0.25, -0.2) is 4.39 Å². The molecular weight excluding hydrogens is 275 g/mol. The van der Waals surface area contributed by atoms with Crippen molar-refractivity contribution in [1.82, 2.24) is 0 Å². The molecule has 6 heteroatoms. The second-order valence-electron chi connectivity index (χ2n) is 4.56. The number of non-ortho nitro benzene ring substituents is 1. The summed E-state index contributed by atoms with van der Waals surface area (Å²) in [5.41, 5.74) is 6.50. The minimum absolute atomic E-state index is 0.0668. The Hall–Kier alpha value is -2.47. The Morgan fingerprint density at radius 3 is 2.71 bits per heavy atom. The molecule has 1 atom stereocenters. The molecule has 1 unspecified atom stereocenters. The first kappa shape index (κ1) is 14.9. The maximum atomic E-state index is 13.8. The summed E-state index contributed by atoms with van der Waals surface area (Å²) in [6.07, 6.45) is 0.773. The van der Waals surface area contributed by atoms with Crippen LogP contribution in [0.2, 0.25) is 0 Å². The molecule has 110 valence electrons. The molecule has 0 aromatic heterocycles. The van der Waals surface area contributed by atoms with Crippen molar-refractivity contribution in [2.45, 2.75) is 19.4 Å². The molecule has 0 amide bonds. The summed E-state index contributed by atoms with van der Waals surface area (Å²) < 4.78 is 19.2. The fourth-order valence-corrected chi connectivity index (χ4v) is 1.86. The lowest BCUT2D eigenvalue weighted by Crippen LogP contribution is -2.08. The number of hydrogen-bond acceptors (Lipinski definition) is 4. The zero-order chi connectivity index (χ0) is 15.4. The zero-order valence-electron chi connectivity index (χ0n) is 11.5. The molecule has 0 radical (unpaired) electrons. The zero-order valence-corrected chi connectivity index (χ0v) is 11.5. The minimum Gasteiger partial charge on any atom is -0.454 e. The van der Waals surface area contributed by atoms with Crippen LogP contribution in [-0.2, 0) is 0 Å². The summed E-state index contributed by atoms with van der Waals surface area (Å²) in [6.45, 7) is 1.97. The highest BCUT2D eigenvalue weighted by molar-refractivity contribution is 5.41. The van der Waals surface area contributed by atoms with Crippen LogP contribution in [0.5, 0.6) is 11.5 Å². The van der Waals surface area contributed by atoms with Crippen LogP contribution in [0.4, 0.5) is 10.1 Å². The predicted octanol–water partition coefficient (Wildman–Crippen LogP) is 3.94. The van der Waals surface area contributed by atoms with Crippen molar-refractivity contribution < 1.29 is 14.1 Å². The number of nitro groups is 1. The van der Waals surface area contributed by atoms with Crippen molar-refractivity contribution in [1.29, 1.82) is 0 Å². The molecule has 2 aromatic carbocycles. The highest BCUT2D eigenvalue weighted by Crippen LogP contribution is 2.29. The maximum Gasteiger partial charge on any atom is 0.272 e. The van der Waals surface area contributed by atoms with E-state index in [9.17, 15) is 14.5 Å². The Labute approximate surface area is 121 Å². The van der Waals surface area contributed by atoms with E-state index in [1.54, 1.807) is 18.2 Å². The van der Waals surface area contributed by atoms with Crippen LogP contribution in [0, 0.1) is 15.9 Å². The lowest BCUT2D eigenvalue weighted by molar-refractivity contribution is -0.385. The van der Waals surface area contributed by atoms with Crippen LogP contribution in [0.25, 0.3) is 0 Å². The van der Waals surface area contributed by atoms with E-state index in [0.717, 1.165) is 18.1 Å². The van der Waals surface area contributed by atoms with Crippen LogP contribution in [0.15, 0.2) is 42.5 Å². The Balaban J connectivity index is 2.24. The molecule has 0 saturated carbocycles. The van der Waals surface area contributed by atoms with Crippen LogP contribution in [-0.4, -0.2) is 4.92 Å². The summed E-state index contributed by atoms with van der Waals surface area (Å²) in [6, 6.07) is 10.2. The first-order valence-electron chi connectivity index (χ1n) is 6.48.